The smallest absolute Gasteiger partial charge is 0.168 e. The molecule has 2 aliphatic rings. The summed E-state index contributed by atoms with van der Waals surface area (Å²) in [4.78, 5) is 12.4. The van der Waals surface area contributed by atoms with Crippen molar-refractivity contribution in [2.45, 2.75) is 12.8 Å². The summed E-state index contributed by atoms with van der Waals surface area (Å²) in [6.45, 7) is 4.22. The number of fused-ring (bicyclic) bond motifs is 2. The SMILES string of the molecule is C=C1/C(=C2/C(=O)Cc3ccccc32)Cc2ccccc21. The Labute approximate surface area is 118 Å². The topological polar surface area (TPSA) is 17.1 Å². The number of carbonyl (C=O) groups is 1. The van der Waals surface area contributed by atoms with Crippen molar-refractivity contribution in [1.82, 2.24) is 0 Å². The van der Waals surface area contributed by atoms with E-state index in [0.717, 1.165) is 34.3 Å². The molecule has 1 nitrogen and oxygen atoms in total. The normalized spacial score (nSPS) is 20.2. The van der Waals surface area contributed by atoms with E-state index in [-0.39, 0.29) is 5.78 Å². The van der Waals surface area contributed by atoms with Crippen LogP contribution >= 0.6 is 0 Å². The lowest BCUT2D eigenvalue weighted by Crippen LogP contribution is -1.98. The molecule has 0 aromatic heterocycles. The van der Waals surface area contributed by atoms with Gasteiger partial charge in [0.1, 0.15) is 0 Å². The minimum absolute atomic E-state index is 0.232. The first-order valence-electron chi connectivity index (χ1n) is 6.88. The number of carbonyl (C=O) groups excluding carboxylic acids is 1. The third kappa shape index (κ3) is 1.47. The van der Waals surface area contributed by atoms with Crippen LogP contribution in [0.2, 0.25) is 0 Å². The van der Waals surface area contributed by atoms with Crippen LogP contribution in [0.3, 0.4) is 0 Å². The van der Waals surface area contributed by atoms with E-state index >= 15 is 0 Å². The van der Waals surface area contributed by atoms with Gasteiger partial charge in [-0.2, -0.15) is 0 Å². The van der Waals surface area contributed by atoms with Crippen molar-refractivity contribution in [3.63, 3.8) is 0 Å². The molecule has 0 radical (unpaired) electrons. The Morgan fingerprint density at radius 1 is 0.800 bits per heavy atom. The lowest BCUT2D eigenvalue weighted by atomic mass is 9.96. The molecular weight excluding hydrogens is 244 g/mol. The summed E-state index contributed by atoms with van der Waals surface area (Å²) >= 11 is 0. The molecule has 20 heavy (non-hydrogen) atoms. The van der Waals surface area contributed by atoms with Gasteiger partial charge in [0.05, 0.1) is 0 Å². The third-order valence-corrected chi connectivity index (χ3v) is 4.29. The maximum atomic E-state index is 12.4. The summed E-state index contributed by atoms with van der Waals surface area (Å²) < 4.78 is 0. The van der Waals surface area contributed by atoms with Crippen LogP contribution in [0, 0.1) is 0 Å². The predicted molar refractivity (Wildman–Crippen MR) is 81.3 cm³/mol. The van der Waals surface area contributed by atoms with E-state index in [0.29, 0.717) is 6.42 Å². The van der Waals surface area contributed by atoms with Crippen LogP contribution in [0.4, 0.5) is 0 Å². The molecule has 4 rings (SSSR count). The highest BCUT2D eigenvalue weighted by Gasteiger charge is 2.31. The summed E-state index contributed by atoms with van der Waals surface area (Å²) in [6, 6.07) is 16.4. The molecule has 2 aliphatic carbocycles. The average molecular weight is 258 g/mol. The van der Waals surface area contributed by atoms with Gasteiger partial charge in [0.25, 0.3) is 0 Å². The molecule has 1 heteroatoms. The molecule has 2 aromatic carbocycles. The summed E-state index contributed by atoms with van der Waals surface area (Å²) in [5, 5.41) is 0. The van der Waals surface area contributed by atoms with Gasteiger partial charge in [-0.15, -0.1) is 0 Å². The maximum absolute atomic E-state index is 12.4. The Bertz CT molecular complexity index is 793. The zero-order valence-corrected chi connectivity index (χ0v) is 11.1. The highest BCUT2D eigenvalue weighted by Crippen LogP contribution is 2.42. The van der Waals surface area contributed by atoms with Crippen LogP contribution in [0.1, 0.15) is 22.3 Å². The van der Waals surface area contributed by atoms with Gasteiger partial charge in [-0.3, -0.25) is 4.79 Å². The molecule has 0 unspecified atom stereocenters. The van der Waals surface area contributed by atoms with Crippen molar-refractivity contribution in [3.05, 3.63) is 82.9 Å². The van der Waals surface area contributed by atoms with Crippen LogP contribution in [0.25, 0.3) is 11.1 Å². The Kier molecular flexibility index (Phi) is 2.31. The number of hydrogen-bond donors (Lipinski definition) is 0. The second-order valence-corrected chi connectivity index (χ2v) is 5.42. The van der Waals surface area contributed by atoms with Gasteiger partial charge in [-0.05, 0) is 39.8 Å². The first-order valence-corrected chi connectivity index (χ1v) is 6.88. The predicted octanol–water partition coefficient (Wildman–Crippen LogP) is 3.83. The van der Waals surface area contributed by atoms with E-state index in [9.17, 15) is 4.79 Å². The molecule has 0 fully saturated rings. The zero-order chi connectivity index (χ0) is 13.7. The molecule has 0 spiro atoms. The van der Waals surface area contributed by atoms with Gasteiger partial charge in [0, 0.05) is 12.0 Å². The maximum Gasteiger partial charge on any atom is 0.168 e. The number of benzene rings is 2. The standard InChI is InChI=1S/C19H14O/c1-12-15-8-4-2-6-13(15)10-17(12)19-16-9-5-3-7-14(16)11-18(19)20/h2-9H,1,10-11H2/b19-17+. The van der Waals surface area contributed by atoms with Crippen molar-refractivity contribution in [3.8, 4) is 0 Å². The van der Waals surface area contributed by atoms with Crippen LogP contribution in [0.15, 0.2) is 60.7 Å². The number of rotatable bonds is 0. The van der Waals surface area contributed by atoms with Crippen molar-refractivity contribution < 1.29 is 4.79 Å². The van der Waals surface area contributed by atoms with E-state index in [1.54, 1.807) is 0 Å². The molecule has 0 saturated carbocycles. The largest absolute Gasteiger partial charge is 0.294 e. The monoisotopic (exact) mass is 258 g/mol. The fourth-order valence-electron chi connectivity index (χ4n) is 3.33. The van der Waals surface area contributed by atoms with Gasteiger partial charge in [-0.25, -0.2) is 0 Å². The molecule has 2 aromatic rings. The molecule has 96 valence electrons. The van der Waals surface area contributed by atoms with Crippen molar-refractivity contribution in [2.75, 3.05) is 0 Å². The zero-order valence-electron chi connectivity index (χ0n) is 11.1. The minimum atomic E-state index is 0.232. The van der Waals surface area contributed by atoms with Crippen LogP contribution in [-0.4, -0.2) is 5.78 Å². The fraction of sp³-hybridized carbons (Fsp3) is 0.105. The molecule has 0 saturated heterocycles. The Morgan fingerprint density at radius 3 is 2.10 bits per heavy atom. The van der Waals surface area contributed by atoms with Gasteiger partial charge in [0.15, 0.2) is 5.78 Å². The van der Waals surface area contributed by atoms with E-state index in [1.807, 2.05) is 30.3 Å². The second kappa shape index (κ2) is 4.04. The van der Waals surface area contributed by atoms with Gasteiger partial charge in [0.2, 0.25) is 0 Å². The number of ketones is 1. The lowest BCUT2D eigenvalue weighted by molar-refractivity contribution is -0.112. The Hall–Kier alpha value is -2.41. The summed E-state index contributed by atoms with van der Waals surface area (Å²) in [5.74, 6) is 0.232. The number of allylic oxidation sites excluding steroid dienone is 3. The third-order valence-electron chi connectivity index (χ3n) is 4.29. The molecule has 0 bridgehead atoms. The molecule has 0 amide bonds. The van der Waals surface area contributed by atoms with E-state index in [4.69, 9.17) is 0 Å². The van der Waals surface area contributed by atoms with Crippen molar-refractivity contribution in [1.29, 1.82) is 0 Å². The second-order valence-electron chi connectivity index (χ2n) is 5.42. The highest BCUT2D eigenvalue weighted by molar-refractivity contribution is 6.28. The number of hydrogen-bond acceptors (Lipinski definition) is 1. The fourth-order valence-corrected chi connectivity index (χ4v) is 3.33. The van der Waals surface area contributed by atoms with E-state index < -0.39 is 0 Å². The molecule has 0 aliphatic heterocycles. The summed E-state index contributed by atoms with van der Waals surface area (Å²) in [7, 11) is 0. The molecule has 0 heterocycles. The highest BCUT2D eigenvalue weighted by atomic mass is 16.1. The van der Waals surface area contributed by atoms with E-state index in [1.165, 1.54) is 11.1 Å². The van der Waals surface area contributed by atoms with Crippen molar-refractivity contribution in [2.24, 2.45) is 0 Å². The molecular formula is C19H14O. The van der Waals surface area contributed by atoms with Crippen LogP contribution in [-0.2, 0) is 17.6 Å². The Balaban J connectivity index is 1.94. The van der Waals surface area contributed by atoms with Crippen molar-refractivity contribution >= 4 is 16.9 Å². The van der Waals surface area contributed by atoms with Gasteiger partial charge in [-0.1, -0.05) is 55.1 Å². The quantitative estimate of drug-likeness (QED) is 0.656. The first-order chi connectivity index (χ1) is 9.75. The van der Waals surface area contributed by atoms with Crippen LogP contribution < -0.4 is 0 Å². The first kappa shape index (κ1) is 11.4. The van der Waals surface area contributed by atoms with E-state index in [2.05, 4.69) is 24.8 Å². The Morgan fingerprint density at radius 2 is 1.40 bits per heavy atom. The van der Waals surface area contributed by atoms with Gasteiger partial charge < -0.3 is 0 Å². The average Bonchev–Trinajstić information content (AvgIpc) is 2.96. The van der Waals surface area contributed by atoms with Crippen LogP contribution in [0.5, 0.6) is 0 Å². The lowest BCUT2D eigenvalue weighted by Gasteiger charge is -2.06. The summed E-state index contributed by atoms with van der Waals surface area (Å²) in [5.41, 5.74) is 7.72. The minimum Gasteiger partial charge on any atom is -0.294 e. The van der Waals surface area contributed by atoms with Gasteiger partial charge >= 0.3 is 0 Å². The molecule has 0 atom stereocenters. The summed E-state index contributed by atoms with van der Waals surface area (Å²) in [6.07, 6.45) is 1.35. The molecule has 0 N–H and O–H groups in total. The number of Topliss-reactive ketones (excluding diaryl/α,β-unsaturated/α-hetero) is 1.